The normalized spacial score (nSPS) is 15.3. The standard InChI is InChI=1S/C17H18N2O/c1-11-3-5-12(6-4-11)17(18)13-7-8-15-14(9-13)10-16(20)19(15)2/h3-9,17H,10,18H2,1-2H3. The number of rotatable bonds is 2. The van der Waals surface area contributed by atoms with Gasteiger partial charge in [0.15, 0.2) is 0 Å². The van der Waals surface area contributed by atoms with Gasteiger partial charge in [0.25, 0.3) is 0 Å². The maximum atomic E-state index is 11.7. The number of nitrogens with zero attached hydrogens (tertiary/aromatic N) is 1. The number of amides is 1. The number of carbonyl (C=O) groups is 1. The Kier molecular flexibility index (Phi) is 3.07. The molecule has 0 fully saturated rings. The van der Waals surface area contributed by atoms with E-state index >= 15 is 0 Å². The fourth-order valence-electron chi connectivity index (χ4n) is 2.65. The molecule has 2 aromatic carbocycles. The van der Waals surface area contributed by atoms with Crippen LogP contribution in [0.3, 0.4) is 0 Å². The summed E-state index contributed by atoms with van der Waals surface area (Å²) in [6.07, 6.45) is 0.473. The molecule has 1 amide bonds. The highest BCUT2D eigenvalue weighted by Gasteiger charge is 2.24. The zero-order chi connectivity index (χ0) is 14.3. The molecule has 1 atom stereocenters. The molecular weight excluding hydrogens is 248 g/mol. The summed E-state index contributed by atoms with van der Waals surface area (Å²) in [4.78, 5) is 13.4. The first kappa shape index (κ1) is 12.9. The van der Waals surface area contributed by atoms with Crippen LogP contribution in [-0.4, -0.2) is 13.0 Å². The molecule has 0 aromatic heterocycles. The molecule has 0 bridgehead atoms. The van der Waals surface area contributed by atoms with Crippen LogP contribution < -0.4 is 10.6 Å². The van der Waals surface area contributed by atoms with Crippen molar-refractivity contribution in [1.82, 2.24) is 0 Å². The van der Waals surface area contributed by atoms with Crippen LogP contribution >= 0.6 is 0 Å². The van der Waals surface area contributed by atoms with Crippen molar-refractivity contribution in [2.24, 2.45) is 5.73 Å². The monoisotopic (exact) mass is 266 g/mol. The number of likely N-dealkylation sites (N-methyl/N-ethyl adjacent to an activating group) is 1. The number of hydrogen-bond acceptors (Lipinski definition) is 2. The van der Waals surface area contributed by atoms with Crippen LogP contribution in [0.25, 0.3) is 0 Å². The van der Waals surface area contributed by atoms with Crippen LogP contribution in [0, 0.1) is 6.92 Å². The van der Waals surface area contributed by atoms with Crippen molar-refractivity contribution in [2.45, 2.75) is 19.4 Å². The van der Waals surface area contributed by atoms with E-state index in [1.807, 2.05) is 19.2 Å². The van der Waals surface area contributed by atoms with Crippen molar-refractivity contribution in [3.63, 3.8) is 0 Å². The number of anilines is 1. The zero-order valence-electron chi connectivity index (χ0n) is 11.8. The SMILES string of the molecule is Cc1ccc(C(N)c2ccc3c(c2)CC(=O)N3C)cc1. The lowest BCUT2D eigenvalue weighted by Gasteiger charge is -2.15. The van der Waals surface area contributed by atoms with Gasteiger partial charge in [0.2, 0.25) is 5.91 Å². The van der Waals surface area contributed by atoms with Gasteiger partial charge in [-0.25, -0.2) is 0 Å². The Hall–Kier alpha value is -2.13. The van der Waals surface area contributed by atoms with Crippen molar-refractivity contribution in [2.75, 3.05) is 11.9 Å². The summed E-state index contributed by atoms with van der Waals surface area (Å²) in [5, 5.41) is 0. The molecule has 2 aromatic rings. The van der Waals surface area contributed by atoms with Gasteiger partial charge in [-0.15, -0.1) is 0 Å². The minimum Gasteiger partial charge on any atom is -0.320 e. The van der Waals surface area contributed by atoms with Crippen LogP contribution in [0.2, 0.25) is 0 Å². The molecule has 1 aliphatic heterocycles. The Bertz CT molecular complexity index is 661. The van der Waals surface area contributed by atoms with Crippen LogP contribution in [0.4, 0.5) is 5.69 Å². The summed E-state index contributed by atoms with van der Waals surface area (Å²) in [6.45, 7) is 2.06. The minimum atomic E-state index is -0.151. The number of nitrogens with two attached hydrogens (primary N) is 1. The summed E-state index contributed by atoms with van der Waals surface area (Å²) in [5.41, 5.74) is 11.8. The maximum absolute atomic E-state index is 11.7. The van der Waals surface area contributed by atoms with Gasteiger partial charge >= 0.3 is 0 Å². The summed E-state index contributed by atoms with van der Waals surface area (Å²) >= 11 is 0. The molecule has 3 nitrogen and oxygen atoms in total. The molecule has 0 aliphatic carbocycles. The number of benzene rings is 2. The van der Waals surface area contributed by atoms with Gasteiger partial charge in [-0.05, 0) is 29.7 Å². The molecule has 20 heavy (non-hydrogen) atoms. The molecule has 0 saturated carbocycles. The first-order valence-electron chi connectivity index (χ1n) is 6.78. The lowest BCUT2D eigenvalue weighted by molar-refractivity contribution is -0.117. The van der Waals surface area contributed by atoms with E-state index in [4.69, 9.17) is 5.73 Å². The van der Waals surface area contributed by atoms with Crippen molar-refractivity contribution in [3.8, 4) is 0 Å². The van der Waals surface area contributed by atoms with Gasteiger partial charge < -0.3 is 10.6 Å². The lowest BCUT2D eigenvalue weighted by Crippen LogP contribution is -2.20. The van der Waals surface area contributed by atoms with Crippen LogP contribution in [0.5, 0.6) is 0 Å². The predicted octanol–water partition coefficient (Wildman–Crippen LogP) is 2.56. The molecule has 1 heterocycles. The second kappa shape index (κ2) is 4.76. The smallest absolute Gasteiger partial charge is 0.231 e. The zero-order valence-corrected chi connectivity index (χ0v) is 11.8. The predicted molar refractivity (Wildman–Crippen MR) is 80.8 cm³/mol. The third kappa shape index (κ3) is 2.10. The Labute approximate surface area is 119 Å². The first-order chi connectivity index (χ1) is 9.56. The van der Waals surface area contributed by atoms with Gasteiger partial charge in [0, 0.05) is 12.7 Å². The van der Waals surface area contributed by atoms with Crippen molar-refractivity contribution in [3.05, 3.63) is 64.7 Å². The summed E-state index contributed by atoms with van der Waals surface area (Å²) < 4.78 is 0. The maximum Gasteiger partial charge on any atom is 0.231 e. The lowest BCUT2D eigenvalue weighted by atomic mass is 9.96. The average Bonchev–Trinajstić information content (AvgIpc) is 2.74. The third-order valence-electron chi connectivity index (χ3n) is 3.98. The van der Waals surface area contributed by atoms with Gasteiger partial charge in [0.1, 0.15) is 0 Å². The highest BCUT2D eigenvalue weighted by atomic mass is 16.2. The second-order valence-electron chi connectivity index (χ2n) is 5.41. The van der Waals surface area contributed by atoms with Gasteiger partial charge in [0.05, 0.1) is 12.5 Å². The molecule has 0 saturated heterocycles. The van der Waals surface area contributed by atoms with E-state index in [0.717, 1.165) is 22.4 Å². The summed E-state index contributed by atoms with van der Waals surface area (Å²) in [5.74, 6) is 0.140. The molecule has 1 unspecified atom stereocenters. The largest absolute Gasteiger partial charge is 0.320 e. The fraction of sp³-hybridized carbons (Fsp3) is 0.235. The minimum absolute atomic E-state index is 0.140. The van der Waals surface area contributed by atoms with Crippen LogP contribution in [0.15, 0.2) is 42.5 Å². The highest BCUT2D eigenvalue weighted by molar-refractivity contribution is 6.00. The molecule has 2 N–H and O–H groups in total. The molecule has 0 radical (unpaired) electrons. The van der Waals surface area contributed by atoms with Crippen molar-refractivity contribution in [1.29, 1.82) is 0 Å². The van der Waals surface area contributed by atoms with Crippen LogP contribution in [-0.2, 0) is 11.2 Å². The molecule has 102 valence electrons. The fourth-order valence-corrected chi connectivity index (χ4v) is 2.65. The van der Waals surface area contributed by atoms with Crippen molar-refractivity contribution < 1.29 is 4.79 Å². The number of carbonyl (C=O) groups excluding carboxylic acids is 1. The van der Waals surface area contributed by atoms with Gasteiger partial charge in [-0.2, -0.15) is 0 Å². The highest BCUT2D eigenvalue weighted by Crippen LogP contribution is 2.31. The first-order valence-corrected chi connectivity index (χ1v) is 6.78. The quantitative estimate of drug-likeness (QED) is 0.908. The second-order valence-corrected chi connectivity index (χ2v) is 5.41. The van der Waals surface area contributed by atoms with E-state index in [9.17, 15) is 4.79 Å². The Morgan fingerprint density at radius 2 is 1.75 bits per heavy atom. The molecule has 1 aliphatic rings. The number of aryl methyl sites for hydroxylation is 1. The van der Waals surface area contributed by atoms with E-state index in [0.29, 0.717) is 6.42 Å². The topological polar surface area (TPSA) is 46.3 Å². The molecular formula is C17H18N2O. The Morgan fingerprint density at radius 1 is 1.10 bits per heavy atom. The van der Waals surface area contributed by atoms with Crippen LogP contribution in [0.1, 0.15) is 28.3 Å². The Morgan fingerprint density at radius 3 is 2.45 bits per heavy atom. The number of hydrogen-bond donors (Lipinski definition) is 1. The van der Waals surface area contributed by atoms with E-state index in [1.54, 1.807) is 4.90 Å². The molecule has 0 spiro atoms. The molecule has 3 rings (SSSR count). The average molecular weight is 266 g/mol. The van der Waals surface area contributed by atoms with E-state index < -0.39 is 0 Å². The Balaban J connectivity index is 1.94. The van der Waals surface area contributed by atoms with E-state index in [1.165, 1.54) is 5.56 Å². The summed E-state index contributed by atoms with van der Waals surface area (Å²) in [7, 11) is 1.81. The van der Waals surface area contributed by atoms with Gasteiger partial charge in [-0.1, -0.05) is 42.0 Å². The van der Waals surface area contributed by atoms with E-state index in [2.05, 4.69) is 37.3 Å². The molecule has 3 heteroatoms. The van der Waals surface area contributed by atoms with Crippen molar-refractivity contribution >= 4 is 11.6 Å². The third-order valence-corrected chi connectivity index (χ3v) is 3.98. The van der Waals surface area contributed by atoms with E-state index in [-0.39, 0.29) is 11.9 Å². The number of fused-ring (bicyclic) bond motifs is 1. The summed E-state index contributed by atoms with van der Waals surface area (Å²) in [6, 6.07) is 14.2. The van der Waals surface area contributed by atoms with Gasteiger partial charge in [-0.3, -0.25) is 4.79 Å².